The summed E-state index contributed by atoms with van der Waals surface area (Å²) in [6.07, 6.45) is -1.30. The van der Waals surface area contributed by atoms with Crippen molar-refractivity contribution in [2.24, 2.45) is 0 Å². The predicted octanol–water partition coefficient (Wildman–Crippen LogP) is -0.535. The van der Waals surface area contributed by atoms with E-state index in [4.69, 9.17) is 24.4 Å². The van der Waals surface area contributed by atoms with Crippen molar-refractivity contribution < 1.29 is 24.4 Å². The van der Waals surface area contributed by atoms with Crippen LogP contribution in [0.25, 0.3) is 0 Å². The largest absolute Gasteiger partial charge is 0.391 e. The molecule has 0 aromatic heterocycles. The predicted molar refractivity (Wildman–Crippen MR) is 43.9 cm³/mol. The summed E-state index contributed by atoms with van der Waals surface area (Å²) in [4.78, 5) is 0. The molecule has 0 aromatic rings. The van der Waals surface area contributed by atoms with Gasteiger partial charge in [-0.3, -0.25) is 0 Å². The molecule has 0 radical (unpaired) electrons. The molecule has 2 unspecified atom stereocenters. The Hall–Kier alpha value is -0.200. The maximum Gasteiger partial charge on any atom is 0.178 e. The third kappa shape index (κ3) is 3.58. The number of ether oxygens (including phenoxy) is 3. The molecular weight excluding hydrogens is 176 g/mol. The highest BCUT2D eigenvalue weighted by molar-refractivity contribution is 4.70. The van der Waals surface area contributed by atoms with Crippen molar-refractivity contribution in [3.63, 3.8) is 0 Å². The zero-order chi connectivity index (χ0) is 9.90. The Kier molecular flexibility index (Phi) is 3.63. The van der Waals surface area contributed by atoms with E-state index in [2.05, 4.69) is 0 Å². The van der Waals surface area contributed by atoms with Gasteiger partial charge in [-0.15, -0.1) is 0 Å². The van der Waals surface area contributed by atoms with E-state index >= 15 is 0 Å². The van der Waals surface area contributed by atoms with Gasteiger partial charge in [-0.1, -0.05) is 0 Å². The number of aliphatic hydroxyl groups excluding tert-OH is 2. The van der Waals surface area contributed by atoms with E-state index in [1.54, 1.807) is 0 Å². The second-order valence-corrected chi connectivity index (χ2v) is 3.42. The molecular formula is C8H16O5. The van der Waals surface area contributed by atoms with Crippen molar-refractivity contribution in [2.75, 3.05) is 19.8 Å². The van der Waals surface area contributed by atoms with Gasteiger partial charge in [0.2, 0.25) is 0 Å². The molecule has 0 bridgehead atoms. The van der Waals surface area contributed by atoms with Crippen LogP contribution in [0.3, 0.4) is 0 Å². The van der Waals surface area contributed by atoms with Crippen molar-refractivity contribution in [1.29, 1.82) is 0 Å². The van der Waals surface area contributed by atoms with Crippen LogP contribution in [0.15, 0.2) is 0 Å². The molecule has 2 atom stereocenters. The first-order valence-electron chi connectivity index (χ1n) is 4.26. The van der Waals surface area contributed by atoms with Crippen molar-refractivity contribution in [2.45, 2.75) is 32.0 Å². The van der Waals surface area contributed by atoms with E-state index in [1.165, 1.54) is 0 Å². The summed E-state index contributed by atoms with van der Waals surface area (Å²) in [5.74, 6) is -0.571. The molecule has 2 N–H and O–H groups in total. The van der Waals surface area contributed by atoms with Gasteiger partial charge >= 0.3 is 0 Å². The average Bonchev–Trinajstić information content (AvgIpc) is 2.41. The van der Waals surface area contributed by atoms with Crippen molar-refractivity contribution >= 4 is 0 Å². The molecule has 1 saturated heterocycles. The summed E-state index contributed by atoms with van der Waals surface area (Å²) in [7, 11) is 0. The van der Waals surface area contributed by atoms with Crippen LogP contribution in [0.5, 0.6) is 0 Å². The van der Waals surface area contributed by atoms with Crippen LogP contribution in [0.4, 0.5) is 0 Å². The lowest BCUT2D eigenvalue weighted by Gasteiger charge is -2.17. The van der Waals surface area contributed by atoms with Crippen LogP contribution in [-0.2, 0) is 14.2 Å². The Morgan fingerprint density at radius 3 is 2.77 bits per heavy atom. The second kappa shape index (κ2) is 4.34. The summed E-state index contributed by atoms with van der Waals surface area (Å²) in [5.41, 5.74) is 0. The highest BCUT2D eigenvalue weighted by Gasteiger charge is 2.32. The van der Waals surface area contributed by atoms with Gasteiger partial charge in [-0.05, 0) is 13.8 Å². The summed E-state index contributed by atoms with van der Waals surface area (Å²) in [6, 6.07) is 0. The molecule has 1 heterocycles. The van der Waals surface area contributed by atoms with E-state index in [0.717, 1.165) is 0 Å². The first kappa shape index (κ1) is 10.9. The zero-order valence-electron chi connectivity index (χ0n) is 7.90. The molecule has 1 fully saturated rings. The molecule has 5 nitrogen and oxygen atoms in total. The zero-order valence-corrected chi connectivity index (χ0v) is 7.90. The molecule has 0 saturated carbocycles. The summed E-state index contributed by atoms with van der Waals surface area (Å²) >= 11 is 0. The van der Waals surface area contributed by atoms with Gasteiger partial charge < -0.3 is 24.4 Å². The number of hydrogen-bond acceptors (Lipinski definition) is 5. The number of hydrogen-bond donors (Lipinski definition) is 2. The van der Waals surface area contributed by atoms with E-state index < -0.39 is 18.7 Å². The Morgan fingerprint density at radius 2 is 2.31 bits per heavy atom. The summed E-state index contributed by atoms with van der Waals surface area (Å²) in [6.45, 7) is 3.90. The van der Waals surface area contributed by atoms with Crippen molar-refractivity contribution in [1.82, 2.24) is 0 Å². The second-order valence-electron chi connectivity index (χ2n) is 3.42. The quantitative estimate of drug-likeness (QED) is 0.586. The van der Waals surface area contributed by atoms with Gasteiger partial charge in [0.15, 0.2) is 12.1 Å². The normalized spacial score (nSPS) is 29.1. The highest BCUT2D eigenvalue weighted by Crippen LogP contribution is 2.22. The lowest BCUT2D eigenvalue weighted by atomic mass is 10.4. The maximum atomic E-state index is 8.88. The SMILES string of the molecule is CC1(C)OCC(COC(O)CO)O1. The highest BCUT2D eigenvalue weighted by atomic mass is 16.8. The number of rotatable bonds is 4. The fourth-order valence-electron chi connectivity index (χ4n) is 1.12. The van der Waals surface area contributed by atoms with E-state index in [0.29, 0.717) is 6.61 Å². The van der Waals surface area contributed by atoms with Crippen LogP contribution < -0.4 is 0 Å². The van der Waals surface area contributed by atoms with Crippen molar-refractivity contribution in [3.05, 3.63) is 0 Å². The third-order valence-corrected chi connectivity index (χ3v) is 1.70. The average molecular weight is 192 g/mol. The molecule has 0 aromatic carbocycles. The Morgan fingerprint density at radius 1 is 1.62 bits per heavy atom. The monoisotopic (exact) mass is 192 g/mol. The molecule has 0 amide bonds. The van der Waals surface area contributed by atoms with Gasteiger partial charge in [0.25, 0.3) is 0 Å². The topological polar surface area (TPSA) is 68.2 Å². The summed E-state index contributed by atoms with van der Waals surface area (Å²) < 4.78 is 15.5. The Balaban J connectivity index is 2.17. The molecule has 1 rings (SSSR count). The Bertz CT molecular complexity index is 159. The van der Waals surface area contributed by atoms with Gasteiger partial charge in [0, 0.05) is 0 Å². The van der Waals surface area contributed by atoms with Gasteiger partial charge in [-0.25, -0.2) is 0 Å². The first-order valence-corrected chi connectivity index (χ1v) is 4.26. The van der Waals surface area contributed by atoms with E-state index in [9.17, 15) is 0 Å². The summed E-state index contributed by atoms with van der Waals surface area (Å²) in [5, 5.41) is 17.3. The van der Waals surface area contributed by atoms with Crippen molar-refractivity contribution in [3.8, 4) is 0 Å². The van der Waals surface area contributed by atoms with Crippen LogP contribution in [0, 0.1) is 0 Å². The molecule has 1 aliphatic heterocycles. The van der Waals surface area contributed by atoms with E-state index in [-0.39, 0.29) is 12.7 Å². The first-order chi connectivity index (χ1) is 6.03. The van der Waals surface area contributed by atoms with Crippen LogP contribution >= 0.6 is 0 Å². The van der Waals surface area contributed by atoms with Crippen LogP contribution in [0.2, 0.25) is 0 Å². The smallest absolute Gasteiger partial charge is 0.178 e. The van der Waals surface area contributed by atoms with Gasteiger partial charge in [-0.2, -0.15) is 0 Å². The minimum Gasteiger partial charge on any atom is -0.391 e. The Labute approximate surface area is 77.2 Å². The minimum absolute atomic E-state index is 0.170. The fourth-order valence-corrected chi connectivity index (χ4v) is 1.12. The van der Waals surface area contributed by atoms with Crippen LogP contribution in [-0.4, -0.2) is 48.2 Å². The third-order valence-electron chi connectivity index (χ3n) is 1.70. The minimum atomic E-state index is -1.13. The standard InChI is InChI=1S/C8H16O5/c1-8(2)12-5-6(13-8)4-11-7(10)3-9/h6-7,9-10H,3-5H2,1-2H3. The lowest BCUT2D eigenvalue weighted by Crippen LogP contribution is -2.27. The maximum absolute atomic E-state index is 8.88. The molecule has 0 spiro atoms. The molecule has 13 heavy (non-hydrogen) atoms. The van der Waals surface area contributed by atoms with Crippen LogP contribution in [0.1, 0.15) is 13.8 Å². The van der Waals surface area contributed by atoms with Gasteiger partial charge in [0.05, 0.1) is 19.8 Å². The molecule has 0 aliphatic carbocycles. The molecule has 5 heteroatoms. The molecule has 78 valence electrons. The lowest BCUT2D eigenvalue weighted by molar-refractivity contribution is -0.170. The molecule has 1 aliphatic rings. The van der Waals surface area contributed by atoms with Gasteiger partial charge in [0.1, 0.15) is 6.10 Å². The number of aliphatic hydroxyl groups is 2. The van der Waals surface area contributed by atoms with E-state index in [1.807, 2.05) is 13.8 Å². The fraction of sp³-hybridized carbons (Fsp3) is 1.00.